The molecule has 5 heteroatoms. The molecule has 0 saturated carbocycles. The third-order valence-corrected chi connectivity index (χ3v) is 5.34. The van der Waals surface area contributed by atoms with E-state index in [0.29, 0.717) is 0 Å². The lowest BCUT2D eigenvalue weighted by molar-refractivity contribution is 0.875. The van der Waals surface area contributed by atoms with Gasteiger partial charge in [-0.15, -0.1) is 0 Å². The number of aryl methyl sites for hydroxylation is 1. The minimum Gasteiger partial charge on any atom is -0.369 e. The van der Waals surface area contributed by atoms with Crippen molar-refractivity contribution in [3.8, 4) is 16.9 Å². The maximum Gasteiger partial charge on any atom is 0.133 e. The van der Waals surface area contributed by atoms with Crippen molar-refractivity contribution in [2.45, 2.75) is 13.3 Å². The van der Waals surface area contributed by atoms with Crippen molar-refractivity contribution in [3.05, 3.63) is 62.2 Å². The summed E-state index contributed by atoms with van der Waals surface area (Å²) in [5.41, 5.74) is 5.74. The van der Waals surface area contributed by atoms with Crippen molar-refractivity contribution in [1.29, 1.82) is 0 Å². The zero-order chi connectivity index (χ0) is 16.0. The number of halogens is 2. The molecule has 116 valence electrons. The summed E-state index contributed by atoms with van der Waals surface area (Å²) < 4.78 is 3.24. The molecule has 4 rings (SSSR count). The van der Waals surface area contributed by atoms with Crippen LogP contribution in [0.2, 0.25) is 5.02 Å². The molecule has 2 heterocycles. The molecule has 1 aliphatic heterocycles. The van der Waals surface area contributed by atoms with Crippen LogP contribution in [0.1, 0.15) is 11.1 Å². The molecule has 1 N–H and O–H groups in total. The van der Waals surface area contributed by atoms with Crippen LogP contribution in [0.3, 0.4) is 0 Å². The fourth-order valence-corrected chi connectivity index (χ4v) is 3.94. The van der Waals surface area contributed by atoms with E-state index in [1.807, 2.05) is 22.9 Å². The molecule has 3 nitrogen and oxygen atoms in total. The van der Waals surface area contributed by atoms with Gasteiger partial charge in [-0.1, -0.05) is 29.8 Å². The van der Waals surface area contributed by atoms with E-state index in [4.69, 9.17) is 16.7 Å². The molecule has 0 fully saturated rings. The van der Waals surface area contributed by atoms with Crippen molar-refractivity contribution in [2.75, 3.05) is 11.9 Å². The van der Waals surface area contributed by atoms with Gasteiger partial charge in [-0.3, -0.25) is 0 Å². The van der Waals surface area contributed by atoms with Gasteiger partial charge in [0.25, 0.3) is 0 Å². The Balaban J connectivity index is 1.94. The highest BCUT2D eigenvalue weighted by Gasteiger charge is 2.25. The molecule has 0 aliphatic carbocycles. The van der Waals surface area contributed by atoms with Gasteiger partial charge >= 0.3 is 0 Å². The Morgan fingerprint density at radius 3 is 2.83 bits per heavy atom. The molecule has 2 aromatic carbocycles. The van der Waals surface area contributed by atoms with Gasteiger partial charge in [0, 0.05) is 26.3 Å². The van der Waals surface area contributed by atoms with Gasteiger partial charge in [-0.2, -0.15) is 5.10 Å². The maximum atomic E-state index is 6.10. The molecule has 1 aromatic heterocycles. The Hall–Kier alpha value is -1.53. The second-order valence-corrected chi connectivity index (χ2v) is 7.27. The van der Waals surface area contributed by atoms with E-state index in [0.717, 1.165) is 40.8 Å². The number of hydrogen-bond donors (Lipinski definition) is 1. The minimum absolute atomic E-state index is 0.751. The molecule has 0 radical (unpaired) electrons. The van der Waals surface area contributed by atoms with Crippen LogP contribution in [0.25, 0.3) is 16.9 Å². The van der Waals surface area contributed by atoms with Gasteiger partial charge in [0.05, 0.1) is 11.4 Å². The lowest BCUT2D eigenvalue weighted by Crippen LogP contribution is -2.05. The Labute approximate surface area is 153 Å². The summed E-state index contributed by atoms with van der Waals surface area (Å²) >= 11 is 8.47. The van der Waals surface area contributed by atoms with E-state index in [2.05, 4.69) is 59.1 Å². The van der Waals surface area contributed by atoms with Crippen molar-refractivity contribution >= 4 is 40.0 Å². The topological polar surface area (TPSA) is 29.9 Å². The molecule has 0 atom stereocenters. The lowest BCUT2D eigenvalue weighted by Gasteiger charge is -2.10. The SMILES string of the molecule is Cc1cc(Cl)ccc1-n1nc(-c2ccccc2I)c2c1NCC2. The molecule has 0 amide bonds. The van der Waals surface area contributed by atoms with Crippen LogP contribution in [-0.2, 0) is 6.42 Å². The predicted molar refractivity (Wildman–Crippen MR) is 104 cm³/mol. The third-order valence-electron chi connectivity index (χ3n) is 4.17. The van der Waals surface area contributed by atoms with Gasteiger partial charge in [0.2, 0.25) is 0 Å². The molecule has 0 spiro atoms. The number of rotatable bonds is 2. The van der Waals surface area contributed by atoms with E-state index >= 15 is 0 Å². The van der Waals surface area contributed by atoms with Crippen LogP contribution < -0.4 is 5.32 Å². The molecule has 1 aliphatic rings. The average molecular weight is 436 g/mol. The van der Waals surface area contributed by atoms with Gasteiger partial charge in [0.15, 0.2) is 0 Å². The van der Waals surface area contributed by atoms with E-state index in [9.17, 15) is 0 Å². The summed E-state index contributed by atoms with van der Waals surface area (Å²) in [5.74, 6) is 1.10. The van der Waals surface area contributed by atoms with E-state index < -0.39 is 0 Å². The highest BCUT2D eigenvalue weighted by molar-refractivity contribution is 14.1. The van der Waals surface area contributed by atoms with Crippen molar-refractivity contribution < 1.29 is 0 Å². The molecule has 0 unspecified atom stereocenters. The monoisotopic (exact) mass is 435 g/mol. The number of aromatic nitrogens is 2. The van der Waals surface area contributed by atoms with E-state index in [-0.39, 0.29) is 0 Å². The summed E-state index contributed by atoms with van der Waals surface area (Å²) in [6.07, 6.45) is 1.00. The molecular weight excluding hydrogens is 421 g/mol. The number of hydrogen-bond acceptors (Lipinski definition) is 2. The first-order valence-electron chi connectivity index (χ1n) is 7.52. The van der Waals surface area contributed by atoms with Crippen molar-refractivity contribution in [1.82, 2.24) is 9.78 Å². The van der Waals surface area contributed by atoms with Crippen molar-refractivity contribution in [3.63, 3.8) is 0 Å². The fraction of sp³-hybridized carbons (Fsp3) is 0.167. The Morgan fingerprint density at radius 1 is 1.22 bits per heavy atom. The number of anilines is 1. The molecule has 23 heavy (non-hydrogen) atoms. The minimum atomic E-state index is 0.751. The Morgan fingerprint density at radius 2 is 2.04 bits per heavy atom. The molecule has 3 aromatic rings. The first-order valence-corrected chi connectivity index (χ1v) is 8.98. The second kappa shape index (κ2) is 5.83. The Kier molecular flexibility index (Phi) is 3.81. The van der Waals surface area contributed by atoms with E-state index in [1.54, 1.807) is 0 Å². The van der Waals surface area contributed by atoms with Crippen LogP contribution in [0.4, 0.5) is 5.82 Å². The second-order valence-electron chi connectivity index (χ2n) is 5.68. The zero-order valence-electron chi connectivity index (χ0n) is 12.6. The first kappa shape index (κ1) is 15.0. The average Bonchev–Trinajstić information content (AvgIpc) is 3.11. The number of benzene rings is 2. The zero-order valence-corrected chi connectivity index (χ0v) is 15.5. The van der Waals surface area contributed by atoms with Gasteiger partial charge in [-0.05, 0) is 65.8 Å². The molecule has 0 saturated heterocycles. The highest BCUT2D eigenvalue weighted by atomic mass is 127. The molecular formula is C18H15ClIN3. The number of nitrogens with zero attached hydrogens (tertiary/aromatic N) is 2. The van der Waals surface area contributed by atoms with Crippen LogP contribution in [0.5, 0.6) is 0 Å². The maximum absolute atomic E-state index is 6.10. The quantitative estimate of drug-likeness (QED) is 0.569. The first-order chi connectivity index (χ1) is 11.1. The summed E-state index contributed by atoms with van der Waals surface area (Å²) in [7, 11) is 0. The summed E-state index contributed by atoms with van der Waals surface area (Å²) in [5, 5.41) is 9.16. The van der Waals surface area contributed by atoms with Gasteiger partial charge in [0.1, 0.15) is 5.82 Å². The van der Waals surface area contributed by atoms with Crippen molar-refractivity contribution in [2.24, 2.45) is 0 Å². The third kappa shape index (κ3) is 2.54. The summed E-state index contributed by atoms with van der Waals surface area (Å²) in [4.78, 5) is 0. The standard InChI is InChI=1S/C18H15ClIN3/c1-11-10-12(19)6-7-16(11)23-18-14(8-9-21-18)17(22-23)13-4-2-3-5-15(13)20/h2-7,10,21H,8-9H2,1H3. The van der Waals surface area contributed by atoms with Crippen LogP contribution in [0, 0.1) is 10.5 Å². The largest absolute Gasteiger partial charge is 0.369 e. The van der Waals surface area contributed by atoms with Crippen LogP contribution in [-0.4, -0.2) is 16.3 Å². The summed E-state index contributed by atoms with van der Waals surface area (Å²) in [6, 6.07) is 14.3. The molecule has 0 bridgehead atoms. The fourth-order valence-electron chi connectivity index (χ4n) is 3.08. The number of nitrogens with one attached hydrogen (secondary N) is 1. The smallest absolute Gasteiger partial charge is 0.133 e. The van der Waals surface area contributed by atoms with Gasteiger partial charge in [-0.25, -0.2) is 4.68 Å². The number of fused-ring (bicyclic) bond motifs is 1. The Bertz CT molecular complexity index is 901. The van der Waals surface area contributed by atoms with Crippen LogP contribution in [0.15, 0.2) is 42.5 Å². The predicted octanol–water partition coefficient (Wildman–Crippen LogP) is 5.07. The summed E-state index contributed by atoms with van der Waals surface area (Å²) in [6.45, 7) is 3.02. The normalized spacial score (nSPS) is 13.0. The van der Waals surface area contributed by atoms with E-state index in [1.165, 1.54) is 14.7 Å². The lowest BCUT2D eigenvalue weighted by atomic mass is 10.1. The highest BCUT2D eigenvalue weighted by Crippen LogP contribution is 2.37. The van der Waals surface area contributed by atoms with Gasteiger partial charge < -0.3 is 5.32 Å². The van der Waals surface area contributed by atoms with Crippen LogP contribution >= 0.6 is 34.2 Å².